The summed E-state index contributed by atoms with van der Waals surface area (Å²) >= 11 is 0. The molecule has 2 aliphatic rings. The molecule has 1 saturated heterocycles. The van der Waals surface area contributed by atoms with Gasteiger partial charge in [-0.2, -0.15) is 13.2 Å². The van der Waals surface area contributed by atoms with E-state index in [0.717, 1.165) is 38.8 Å². The molecule has 1 N–H and O–H groups in total. The zero-order chi connectivity index (χ0) is 18.0. The molecule has 2 heterocycles. The molecule has 1 aromatic rings. The van der Waals surface area contributed by atoms with Gasteiger partial charge in [0.25, 0.3) is 5.91 Å². The van der Waals surface area contributed by atoms with Gasteiger partial charge in [0.2, 0.25) is 0 Å². The number of alkyl halides is 3. The Morgan fingerprint density at radius 3 is 2.56 bits per heavy atom. The fraction of sp³-hybridized carbons (Fsp3) is 0.812. The van der Waals surface area contributed by atoms with Crippen molar-refractivity contribution in [1.82, 2.24) is 25.2 Å². The summed E-state index contributed by atoms with van der Waals surface area (Å²) in [6, 6.07) is 0.183. The maximum Gasteiger partial charge on any atom is 0.390 e. The van der Waals surface area contributed by atoms with Crippen LogP contribution in [0.5, 0.6) is 0 Å². The van der Waals surface area contributed by atoms with Crippen molar-refractivity contribution in [2.24, 2.45) is 5.92 Å². The summed E-state index contributed by atoms with van der Waals surface area (Å²) in [5, 5.41) is 11.4. The topological polar surface area (TPSA) is 63.1 Å². The molecule has 0 aromatic carbocycles. The molecule has 9 heteroatoms. The second-order valence-corrected chi connectivity index (χ2v) is 7.01. The van der Waals surface area contributed by atoms with E-state index in [4.69, 9.17) is 0 Å². The number of hydrogen-bond donors (Lipinski definition) is 1. The number of nitrogens with one attached hydrogen (secondary N) is 1. The maximum absolute atomic E-state index is 12.8. The summed E-state index contributed by atoms with van der Waals surface area (Å²) < 4.78 is 39.5. The van der Waals surface area contributed by atoms with Crippen molar-refractivity contribution in [3.8, 4) is 0 Å². The average Bonchev–Trinajstić information content (AvgIpc) is 3.31. The van der Waals surface area contributed by atoms with Gasteiger partial charge in [0.05, 0.1) is 18.2 Å². The van der Waals surface area contributed by atoms with Crippen LogP contribution in [0.4, 0.5) is 13.2 Å². The van der Waals surface area contributed by atoms with Crippen molar-refractivity contribution < 1.29 is 18.0 Å². The highest BCUT2D eigenvalue weighted by Crippen LogP contribution is 2.31. The maximum atomic E-state index is 12.8. The van der Waals surface area contributed by atoms with Crippen LogP contribution in [-0.4, -0.2) is 58.2 Å². The van der Waals surface area contributed by atoms with Crippen LogP contribution in [0, 0.1) is 12.8 Å². The molecular weight excluding hydrogens is 335 g/mol. The lowest BCUT2D eigenvalue weighted by Gasteiger charge is -2.24. The number of piperidine rings is 1. The molecule has 1 saturated carbocycles. The fourth-order valence-corrected chi connectivity index (χ4v) is 3.24. The molecule has 140 valence electrons. The molecule has 0 atom stereocenters. The molecule has 0 unspecified atom stereocenters. The van der Waals surface area contributed by atoms with E-state index in [2.05, 4.69) is 15.6 Å². The number of nitrogens with zero attached hydrogens (tertiary/aromatic N) is 4. The molecule has 0 bridgehead atoms. The van der Waals surface area contributed by atoms with Crippen LogP contribution in [-0.2, 0) is 0 Å². The molecule has 2 fully saturated rings. The number of carbonyl (C=O) groups is 1. The number of rotatable bonds is 6. The van der Waals surface area contributed by atoms with Crippen molar-refractivity contribution >= 4 is 5.91 Å². The van der Waals surface area contributed by atoms with E-state index in [0.29, 0.717) is 18.2 Å². The third kappa shape index (κ3) is 4.71. The first-order valence-corrected chi connectivity index (χ1v) is 8.83. The molecule has 1 aromatic heterocycles. The second-order valence-electron chi connectivity index (χ2n) is 7.01. The summed E-state index contributed by atoms with van der Waals surface area (Å²) in [5.41, 5.74) is 0.825. The monoisotopic (exact) mass is 359 g/mol. The molecule has 0 spiro atoms. The Balaban J connectivity index is 1.73. The van der Waals surface area contributed by atoms with E-state index < -0.39 is 18.5 Å². The van der Waals surface area contributed by atoms with E-state index in [1.807, 2.05) is 0 Å². The van der Waals surface area contributed by atoms with Crippen LogP contribution in [0.1, 0.15) is 54.3 Å². The van der Waals surface area contributed by atoms with Crippen molar-refractivity contribution in [1.29, 1.82) is 0 Å². The lowest BCUT2D eigenvalue weighted by atomic mass is 10.1. The minimum Gasteiger partial charge on any atom is -0.337 e. The highest BCUT2D eigenvalue weighted by Gasteiger charge is 2.34. The predicted molar refractivity (Wildman–Crippen MR) is 85.2 cm³/mol. The van der Waals surface area contributed by atoms with Crippen LogP contribution in [0.25, 0.3) is 0 Å². The van der Waals surface area contributed by atoms with Crippen molar-refractivity contribution in [2.75, 3.05) is 26.2 Å². The molecule has 1 aliphatic heterocycles. The Hall–Kier alpha value is -1.64. The highest BCUT2D eigenvalue weighted by atomic mass is 19.4. The van der Waals surface area contributed by atoms with Gasteiger partial charge in [0.1, 0.15) is 0 Å². The zero-order valence-electron chi connectivity index (χ0n) is 14.3. The quantitative estimate of drug-likeness (QED) is 0.847. The van der Waals surface area contributed by atoms with Crippen LogP contribution in [0.3, 0.4) is 0 Å². The molecule has 1 amide bonds. The van der Waals surface area contributed by atoms with Crippen LogP contribution < -0.4 is 5.32 Å². The molecule has 6 nitrogen and oxygen atoms in total. The smallest absolute Gasteiger partial charge is 0.337 e. The van der Waals surface area contributed by atoms with Gasteiger partial charge in [-0.05, 0) is 51.6 Å². The third-order valence-electron chi connectivity index (χ3n) is 4.91. The van der Waals surface area contributed by atoms with E-state index in [1.54, 1.807) is 11.6 Å². The number of hydrogen-bond acceptors (Lipinski definition) is 4. The zero-order valence-corrected chi connectivity index (χ0v) is 14.3. The van der Waals surface area contributed by atoms with Gasteiger partial charge < -0.3 is 10.2 Å². The molecule has 25 heavy (non-hydrogen) atoms. The van der Waals surface area contributed by atoms with Crippen LogP contribution in [0.2, 0.25) is 0 Å². The first-order valence-electron chi connectivity index (χ1n) is 8.83. The van der Waals surface area contributed by atoms with Gasteiger partial charge in [-0.25, -0.2) is 4.68 Å². The summed E-state index contributed by atoms with van der Waals surface area (Å²) in [6.45, 7) is 3.58. The highest BCUT2D eigenvalue weighted by molar-refractivity contribution is 5.93. The largest absolute Gasteiger partial charge is 0.390 e. The Labute approximate surface area is 144 Å². The number of carbonyl (C=O) groups excluding carboxylic acids is 1. The van der Waals surface area contributed by atoms with Crippen molar-refractivity contribution in [2.45, 2.75) is 51.2 Å². The Morgan fingerprint density at radius 2 is 1.96 bits per heavy atom. The fourth-order valence-electron chi connectivity index (χ4n) is 3.24. The second kappa shape index (κ2) is 7.31. The Morgan fingerprint density at radius 1 is 1.28 bits per heavy atom. The summed E-state index contributed by atoms with van der Waals surface area (Å²) in [5.74, 6) is -0.120. The first kappa shape index (κ1) is 18.2. The number of amides is 1. The lowest BCUT2D eigenvalue weighted by Crippen LogP contribution is -2.36. The van der Waals surface area contributed by atoms with E-state index in [1.165, 1.54) is 4.90 Å². The van der Waals surface area contributed by atoms with Gasteiger partial charge in [0, 0.05) is 13.1 Å². The SMILES string of the molecule is Cc1c(C(=O)N(CCC(F)(F)F)CC2CC2)nnn1C1CCNCC1. The average molecular weight is 359 g/mol. The van der Waals surface area contributed by atoms with Crippen molar-refractivity contribution in [3.63, 3.8) is 0 Å². The van der Waals surface area contributed by atoms with Crippen LogP contribution >= 0.6 is 0 Å². The third-order valence-corrected chi connectivity index (χ3v) is 4.91. The predicted octanol–water partition coefficient (Wildman–Crippen LogP) is 2.32. The van der Waals surface area contributed by atoms with Gasteiger partial charge in [-0.3, -0.25) is 4.79 Å². The van der Waals surface area contributed by atoms with E-state index >= 15 is 0 Å². The number of aromatic nitrogens is 3. The molecule has 1 aliphatic carbocycles. The molecule has 0 radical (unpaired) electrons. The Kier molecular flexibility index (Phi) is 5.31. The minimum atomic E-state index is -4.27. The molecule has 3 rings (SSSR count). The normalized spacial score (nSPS) is 19.2. The standard InChI is InChI=1S/C16H24F3N5O/c1-11-14(21-22-24(11)13-4-7-20-8-5-13)15(25)23(10-12-2-3-12)9-6-16(17,18)19/h12-13,20H,2-10H2,1H3. The van der Waals surface area contributed by atoms with Gasteiger partial charge in [-0.15, -0.1) is 5.10 Å². The van der Waals surface area contributed by atoms with E-state index in [-0.39, 0.29) is 18.3 Å². The lowest BCUT2D eigenvalue weighted by molar-refractivity contribution is -0.136. The summed E-state index contributed by atoms with van der Waals surface area (Å²) in [7, 11) is 0. The Bertz CT molecular complexity index is 605. The van der Waals surface area contributed by atoms with Gasteiger partial charge >= 0.3 is 6.18 Å². The van der Waals surface area contributed by atoms with Crippen molar-refractivity contribution in [3.05, 3.63) is 11.4 Å². The molecular formula is C16H24F3N5O. The van der Waals surface area contributed by atoms with Gasteiger partial charge in [-0.1, -0.05) is 5.21 Å². The summed E-state index contributed by atoms with van der Waals surface area (Å²) in [6.07, 6.45) is -1.53. The first-order chi connectivity index (χ1) is 11.8. The number of halogens is 3. The van der Waals surface area contributed by atoms with Gasteiger partial charge in [0.15, 0.2) is 5.69 Å². The summed E-state index contributed by atoms with van der Waals surface area (Å²) in [4.78, 5) is 14.1. The minimum absolute atomic E-state index is 0.182. The van der Waals surface area contributed by atoms with Crippen LogP contribution in [0.15, 0.2) is 0 Å². The van der Waals surface area contributed by atoms with E-state index in [9.17, 15) is 18.0 Å².